The molecule has 1 aromatic rings. The lowest BCUT2D eigenvalue weighted by Crippen LogP contribution is -2.42. The highest BCUT2D eigenvalue weighted by Crippen LogP contribution is 2.24. The maximum absolute atomic E-state index is 12.0. The Hall–Kier alpha value is -2.15. The van der Waals surface area contributed by atoms with Crippen LogP contribution in [-0.4, -0.2) is 16.4 Å². The Bertz CT molecular complexity index is 500. The summed E-state index contributed by atoms with van der Waals surface area (Å²) in [5.41, 5.74) is 2.02. The van der Waals surface area contributed by atoms with Gasteiger partial charge in [0.2, 0.25) is 0 Å². The van der Waals surface area contributed by atoms with E-state index in [9.17, 15) is 14.9 Å². The first-order valence-corrected chi connectivity index (χ1v) is 5.88. The largest absolute Gasteiger partial charge is 0.347 e. The Kier molecular flexibility index (Phi) is 4.44. The second kappa shape index (κ2) is 5.66. The van der Waals surface area contributed by atoms with E-state index in [0.29, 0.717) is 0 Å². The van der Waals surface area contributed by atoms with Crippen molar-refractivity contribution in [1.82, 2.24) is 5.32 Å². The predicted molar refractivity (Wildman–Crippen MR) is 72.7 cm³/mol. The number of hydrogen-bond donors (Lipinski definition) is 3. The summed E-state index contributed by atoms with van der Waals surface area (Å²) < 4.78 is 0. The number of nitrogens with two attached hydrogens (primary N) is 1. The Labute approximate surface area is 111 Å². The maximum Gasteiger partial charge on any atom is 0.294 e. The van der Waals surface area contributed by atoms with E-state index in [4.69, 9.17) is 5.84 Å². The normalized spacial score (nSPS) is 10.9. The highest BCUT2D eigenvalue weighted by atomic mass is 16.6. The maximum atomic E-state index is 12.0. The molecule has 7 heteroatoms. The van der Waals surface area contributed by atoms with E-state index >= 15 is 0 Å². The Balaban J connectivity index is 3.06. The number of nitrogen functional groups attached to an aromatic ring is 1. The number of nitro benzene ring substituents is 1. The number of nitro groups is 1. The molecular weight excluding hydrogens is 248 g/mol. The van der Waals surface area contributed by atoms with Gasteiger partial charge in [0.15, 0.2) is 0 Å². The molecule has 7 nitrogen and oxygen atoms in total. The number of carbonyl (C=O) groups excluding carboxylic acids is 1. The fourth-order valence-corrected chi connectivity index (χ4v) is 1.41. The fourth-order valence-electron chi connectivity index (χ4n) is 1.41. The van der Waals surface area contributed by atoms with Gasteiger partial charge in [-0.05, 0) is 32.4 Å². The molecule has 0 aliphatic rings. The molecule has 0 aliphatic heterocycles. The zero-order chi connectivity index (χ0) is 14.6. The molecule has 0 spiro atoms. The minimum atomic E-state index is -0.586. The number of nitrogens with one attached hydrogen (secondary N) is 2. The minimum absolute atomic E-state index is 0.163. The summed E-state index contributed by atoms with van der Waals surface area (Å²) in [6.07, 6.45) is 0.753. The number of nitrogens with zero attached hydrogens (tertiary/aromatic N) is 1. The van der Waals surface area contributed by atoms with Crippen LogP contribution >= 0.6 is 0 Å². The van der Waals surface area contributed by atoms with Crippen LogP contribution in [0.1, 0.15) is 37.6 Å². The van der Waals surface area contributed by atoms with E-state index in [1.54, 1.807) is 0 Å². The summed E-state index contributed by atoms with van der Waals surface area (Å²) in [5.74, 6) is 4.83. The van der Waals surface area contributed by atoms with Gasteiger partial charge in [-0.1, -0.05) is 6.92 Å². The Morgan fingerprint density at radius 1 is 1.47 bits per heavy atom. The lowest BCUT2D eigenvalue weighted by atomic mass is 10.0. The van der Waals surface area contributed by atoms with Crippen LogP contribution < -0.4 is 16.6 Å². The quantitative estimate of drug-likeness (QED) is 0.427. The van der Waals surface area contributed by atoms with Crippen molar-refractivity contribution in [3.8, 4) is 0 Å². The number of rotatable bonds is 5. The van der Waals surface area contributed by atoms with E-state index < -0.39 is 4.92 Å². The van der Waals surface area contributed by atoms with Crippen LogP contribution in [-0.2, 0) is 0 Å². The number of benzene rings is 1. The van der Waals surface area contributed by atoms with Gasteiger partial charge in [-0.25, -0.2) is 0 Å². The monoisotopic (exact) mass is 266 g/mol. The van der Waals surface area contributed by atoms with E-state index in [-0.39, 0.29) is 28.4 Å². The van der Waals surface area contributed by atoms with Crippen molar-refractivity contribution in [2.24, 2.45) is 5.84 Å². The molecule has 0 aliphatic carbocycles. The third-order valence-corrected chi connectivity index (χ3v) is 2.95. The molecular formula is C12H18N4O3. The van der Waals surface area contributed by atoms with Gasteiger partial charge in [-0.15, -0.1) is 0 Å². The van der Waals surface area contributed by atoms with Crippen molar-refractivity contribution in [3.05, 3.63) is 33.9 Å². The van der Waals surface area contributed by atoms with Crippen LogP contribution in [0.25, 0.3) is 0 Å². The van der Waals surface area contributed by atoms with Gasteiger partial charge >= 0.3 is 0 Å². The first-order valence-electron chi connectivity index (χ1n) is 5.88. The van der Waals surface area contributed by atoms with Crippen molar-refractivity contribution in [3.63, 3.8) is 0 Å². The highest BCUT2D eigenvalue weighted by molar-refractivity contribution is 5.96. The summed E-state index contributed by atoms with van der Waals surface area (Å²) >= 11 is 0. The first-order chi connectivity index (χ1) is 8.80. The summed E-state index contributed by atoms with van der Waals surface area (Å²) in [7, 11) is 0. The standard InChI is InChI=1S/C12H18N4O3/c1-4-12(2,3)14-11(17)8-5-6-9(15-13)10(7-8)16(18)19/h5-7,15H,4,13H2,1-3H3,(H,14,17). The molecule has 19 heavy (non-hydrogen) atoms. The van der Waals surface area contributed by atoms with Gasteiger partial charge in [-0.3, -0.25) is 20.8 Å². The average molecular weight is 266 g/mol. The lowest BCUT2D eigenvalue weighted by molar-refractivity contribution is -0.384. The zero-order valence-corrected chi connectivity index (χ0v) is 11.2. The van der Waals surface area contributed by atoms with Crippen LogP contribution in [0.15, 0.2) is 18.2 Å². The van der Waals surface area contributed by atoms with Crippen molar-refractivity contribution < 1.29 is 9.72 Å². The van der Waals surface area contributed by atoms with Crippen molar-refractivity contribution in [2.45, 2.75) is 32.7 Å². The first kappa shape index (κ1) is 14.9. The molecule has 1 amide bonds. The highest BCUT2D eigenvalue weighted by Gasteiger charge is 2.21. The summed E-state index contributed by atoms with van der Waals surface area (Å²) in [4.78, 5) is 22.3. The molecule has 0 fully saturated rings. The molecule has 0 bridgehead atoms. The molecule has 0 heterocycles. The van der Waals surface area contributed by atoms with Gasteiger partial charge in [0.1, 0.15) is 5.69 Å². The molecule has 1 rings (SSSR count). The number of hydrogen-bond acceptors (Lipinski definition) is 5. The molecule has 0 aromatic heterocycles. The van der Waals surface area contributed by atoms with E-state index in [2.05, 4.69) is 10.7 Å². The van der Waals surface area contributed by atoms with Crippen LogP contribution in [0.5, 0.6) is 0 Å². The molecule has 4 N–H and O–H groups in total. The van der Waals surface area contributed by atoms with Crippen molar-refractivity contribution >= 4 is 17.3 Å². The van der Waals surface area contributed by atoms with Crippen LogP contribution in [0.3, 0.4) is 0 Å². The van der Waals surface area contributed by atoms with Crippen LogP contribution in [0.2, 0.25) is 0 Å². The molecule has 0 unspecified atom stereocenters. The fraction of sp³-hybridized carbons (Fsp3) is 0.417. The lowest BCUT2D eigenvalue weighted by Gasteiger charge is -2.24. The third-order valence-electron chi connectivity index (χ3n) is 2.95. The Morgan fingerprint density at radius 3 is 2.58 bits per heavy atom. The molecule has 0 atom stereocenters. The second-order valence-electron chi connectivity index (χ2n) is 4.82. The Morgan fingerprint density at radius 2 is 2.11 bits per heavy atom. The third kappa shape index (κ3) is 3.65. The van der Waals surface area contributed by atoms with E-state index in [1.165, 1.54) is 18.2 Å². The molecule has 0 saturated heterocycles. The summed E-state index contributed by atoms with van der Waals surface area (Å²) in [6, 6.07) is 4.10. The van der Waals surface area contributed by atoms with Crippen molar-refractivity contribution in [2.75, 3.05) is 5.43 Å². The second-order valence-corrected chi connectivity index (χ2v) is 4.82. The molecule has 1 aromatic carbocycles. The van der Waals surface area contributed by atoms with Crippen molar-refractivity contribution in [1.29, 1.82) is 0 Å². The van der Waals surface area contributed by atoms with Crippen LogP contribution in [0.4, 0.5) is 11.4 Å². The van der Waals surface area contributed by atoms with Gasteiger partial charge in [0, 0.05) is 17.2 Å². The number of hydrazine groups is 1. The number of amides is 1. The van der Waals surface area contributed by atoms with E-state index in [0.717, 1.165) is 6.42 Å². The summed E-state index contributed by atoms with van der Waals surface area (Å²) in [5, 5.41) is 13.7. The zero-order valence-electron chi connectivity index (χ0n) is 11.2. The van der Waals surface area contributed by atoms with Gasteiger partial charge in [-0.2, -0.15) is 0 Å². The van der Waals surface area contributed by atoms with Crippen LogP contribution in [0, 0.1) is 10.1 Å². The van der Waals surface area contributed by atoms with Gasteiger partial charge in [0.25, 0.3) is 11.6 Å². The number of anilines is 1. The number of carbonyl (C=O) groups is 1. The SMILES string of the molecule is CCC(C)(C)NC(=O)c1ccc(NN)c([N+](=O)[O-])c1. The smallest absolute Gasteiger partial charge is 0.294 e. The topological polar surface area (TPSA) is 110 Å². The van der Waals surface area contributed by atoms with Gasteiger partial charge < -0.3 is 10.7 Å². The predicted octanol–water partition coefficient (Wildman–Crippen LogP) is 1.80. The average Bonchev–Trinajstić information content (AvgIpc) is 2.37. The minimum Gasteiger partial charge on any atom is -0.347 e. The summed E-state index contributed by atoms with van der Waals surface area (Å²) in [6.45, 7) is 5.72. The molecule has 104 valence electrons. The molecule has 0 radical (unpaired) electrons. The van der Waals surface area contributed by atoms with Gasteiger partial charge in [0.05, 0.1) is 4.92 Å². The molecule has 0 saturated carbocycles. The van der Waals surface area contributed by atoms with E-state index in [1.807, 2.05) is 20.8 Å².